The molecule has 2 rings (SSSR count). The van der Waals surface area contributed by atoms with Gasteiger partial charge in [0.1, 0.15) is 5.15 Å². The van der Waals surface area contributed by atoms with E-state index in [0.717, 1.165) is 0 Å². The zero-order valence-corrected chi connectivity index (χ0v) is 12.6. The van der Waals surface area contributed by atoms with Crippen LogP contribution in [0.5, 0.6) is 0 Å². The van der Waals surface area contributed by atoms with Crippen LogP contribution in [-0.4, -0.2) is 29.4 Å². The fraction of sp³-hybridized carbons (Fsp3) is 0.0769. The van der Waals surface area contributed by atoms with Crippen LogP contribution in [0.4, 0.5) is 0 Å². The molecule has 0 saturated heterocycles. The summed E-state index contributed by atoms with van der Waals surface area (Å²) in [6, 6.07) is 6.26. The Hall–Kier alpha value is -2.45. The Morgan fingerprint density at radius 1 is 1.23 bits per heavy atom. The average Bonchev–Trinajstić information content (AvgIpc) is 3.05. The highest BCUT2D eigenvalue weighted by molar-refractivity contribution is 7.12. The van der Waals surface area contributed by atoms with Crippen molar-refractivity contribution in [1.82, 2.24) is 15.8 Å². The second-order valence-corrected chi connectivity index (χ2v) is 5.20. The monoisotopic (exact) mass is 339 g/mol. The number of ether oxygens (including phenoxy) is 1. The molecule has 9 heteroatoms. The van der Waals surface area contributed by atoms with Crippen LogP contribution in [0.1, 0.15) is 20.0 Å². The van der Waals surface area contributed by atoms with Crippen molar-refractivity contribution in [2.45, 2.75) is 0 Å². The number of halogens is 1. The molecule has 0 spiro atoms. The molecule has 0 aliphatic heterocycles. The van der Waals surface area contributed by atoms with Gasteiger partial charge in [-0.15, -0.1) is 11.3 Å². The van der Waals surface area contributed by atoms with Crippen molar-refractivity contribution in [2.24, 2.45) is 0 Å². The van der Waals surface area contributed by atoms with E-state index in [4.69, 9.17) is 16.3 Å². The van der Waals surface area contributed by atoms with Gasteiger partial charge in [-0.25, -0.2) is 9.78 Å². The van der Waals surface area contributed by atoms with Crippen molar-refractivity contribution in [3.8, 4) is 0 Å². The molecule has 2 amide bonds. The molecular formula is C13H10ClN3O4S. The Bertz CT molecular complexity index is 690. The quantitative estimate of drug-likeness (QED) is 0.498. The van der Waals surface area contributed by atoms with Crippen molar-refractivity contribution < 1.29 is 19.1 Å². The number of hydrogen-bond acceptors (Lipinski definition) is 6. The van der Waals surface area contributed by atoms with Crippen molar-refractivity contribution in [3.05, 3.63) is 51.4 Å². The summed E-state index contributed by atoms with van der Waals surface area (Å²) in [4.78, 5) is 38.9. The van der Waals surface area contributed by atoms with E-state index in [1.165, 1.54) is 29.7 Å². The van der Waals surface area contributed by atoms with Crippen LogP contribution in [-0.2, 0) is 9.53 Å². The first kappa shape index (κ1) is 15.9. The second kappa shape index (κ2) is 7.53. The molecule has 114 valence electrons. The van der Waals surface area contributed by atoms with Crippen LogP contribution in [0.3, 0.4) is 0 Å². The van der Waals surface area contributed by atoms with Gasteiger partial charge in [0.25, 0.3) is 11.8 Å². The number of pyridine rings is 1. The van der Waals surface area contributed by atoms with Crippen LogP contribution in [0, 0.1) is 0 Å². The lowest BCUT2D eigenvalue weighted by molar-refractivity contribution is -0.125. The Morgan fingerprint density at radius 3 is 2.73 bits per heavy atom. The Balaban J connectivity index is 1.77. The molecule has 2 N–H and O–H groups in total. The summed E-state index contributed by atoms with van der Waals surface area (Å²) in [6.07, 6.45) is 1.42. The van der Waals surface area contributed by atoms with Gasteiger partial charge in [-0.1, -0.05) is 17.7 Å². The molecule has 0 bridgehead atoms. The largest absolute Gasteiger partial charge is 0.452 e. The molecule has 0 aromatic carbocycles. The lowest BCUT2D eigenvalue weighted by atomic mass is 10.3. The molecule has 0 aliphatic rings. The highest BCUT2D eigenvalue weighted by Gasteiger charge is 2.14. The molecule has 2 aromatic rings. The number of rotatable bonds is 4. The summed E-state index contributed by atoms with van der Waals surface area (Å²) >= 11 is 6.96. The van der Waals surface area contributed by atoms with E-state index < -0.39 is 24.4 Å². The number of esters is 1. The maximum absolute atomic E-state index is 11.7. The summed E-state index contributed by atoms with van der Waals surface area (Å²) in [5.74, 6) is -1.92. The van der Waals surface area contributed by atoms with Crippen molar-refractivity contribution in [3.63, 3.8) is 0 Å². The zero-order chi connectivity index (χ0) is 15.9. The number of amides is 2. The number of nitrogens with zero attached hydrogens (tertiary/aromatic N) is 1. The summed E-state index contributed by atoms with van der Waals surface area (Å²) in [7, 11) is 0. The second-order valence-electron chi connectivity index (χ2n) is 3.90. The SMILES string of the molecule is O=C(COC(=O)c1cccnc1Cl)NNC(=O)c1cccs1. The maximum atomic E-state index is 11.7. The predicted octanol–water partition coefficient (Wildman–Crippen LogP) is 1.41. The standard InChI is InChI=1S/C13H10ClN3O4S/c14-11-8(3-1-5-15-11)13(20)21-7-10(18)16-17-12(19)9-4-2-6-22-9/h1-6H,7H2,(H,16,18)(H,17,19). The van der Waals surface area contributed by atoms with Gasteiger partial charge in [-0.2, -0.15) is 0 Å². The van der Waals surface area contributed by atoms with E-state index in [-0.39, 0.29) is 10.7 Å². The van der Waals surface area contributed by atoms with E-state index in [0.29, 0.717) is 4.88 Å². The molecule has 0 saturated carbocycles. The number of hydrazine groups is 1. The van der Waals surface area contributed by atoms with Gasteiger partial charge in [0, 0.05) is 6.20 Å². The summed E-state index contributed by atoms with van der Waals surface area (Å²) in [5.41, 5.74) is 4.39. The van der Waals surface area contributed by atoms with Gasteiger partial charge in [-0.05, 0) is 23.6 Å². The fourth-order valence-corrected chi connectivity index (χ4v) is 2.19. The van der Waals surface area contributed by atoms with Gasteiger partial charge in [-0.3, -0.25) is 20.4 Å². The summed E-state index contributed by atoms with van der Waals surface area (Å²) in [5, 5.41) is 1.72. The van der Waals surface area contributed by atoms with Gasteiger partial charge < -0.3 is 4.74 Å². The number of nitrogens with one attached hydrogen (secondary N) is 2. The average molecular weight is 340 g/mol. The van der Waals surface area contributed by atoms with Crippen LogP contribution >= 0.6 is 22.9 Å². The van der Waals surface area contributed by atoms with Crippen LogP contribution < -0.4 is 10.9 Å². The molecule has 0 radical (unpaired) electrons. The molecule has 7 nitrogen and oxygen atoms in total. The molecular weight excluding hydrogens is 330 g/mol. The minimum absolute atomic E-state index is 0.0149. The number of hydrogen-bond donors (Lipinski definition) is 2. The number of aromatic nitrogens is 1. The molecule has 22 heavy (non-hydrogen) atoms. The van der Waals surface area contributed by atoms with Crippen LogP contribution in [0.15, 0.2) is 35.8 Å². The van der Waals surface area contributed by atoms with E-state index in [1.807, 2.05) is 0 Å². The van der Waals surface area contributed by atoms with E-state index in [1.54, 1.807) is 17.5 Å². The van der Waals surface area contributed by atoms with Crippen LogP contribution in [0.25, 0.3) is 0 Å². The van der Waals surface area contributed by atoms with Crippen molar-refractivity contribution in [1.29, 1.82) is 0 Å². The molecule has 0 unspecified atom stereocenters. The predicted molar refractivity (Wildman–Crippen MR) is 79.5 cm³/mol. The highest BCUT2D eigenvalue weighted by Crippen LogP contribution is 2.12. The van der Waals surface area contributed by atoms with E-state index in [2.05, 4.69) is 15.8 Å². The number of carbonyl (C=O) groups is 3. The molecule has 0 aliphatic carbocycles. The minimum atomic E-state index is -0.780. The number of thiophene rings is 1. The molecule has 2 aromatic heterocycles. The third kappa shape index (κ3) is 4.27. The summed E-state index contributed by atoms with van der Waals surface area (Å²) in [6.45, 7) is -0.561. The van der Waals surface area contributed by atoms with Gasteiger partial charge in [0.05, 0.1) is 10.4 Å². The maximum Gasteiger partial charge on any atom is 0.341 e. The lowest BCUT2D eigenvalue weighted by Crippen LogP contribution is -2.43. The third-order valence-electron chi connectivity index (χ3n) is 2.37. The zero-order valence-electron chi connectivity index (χ0n) is 11.0. The first-order valence-corrected chi connectivity index (χ1v) is 7.24. The first-order valence-electron chi connectivity index (χ1n) is 5.98. The van der Waals surface area contributed by atoms with E-state index >= 15 is 0 Å². The Labute approximate surface area is 134 Å². The smallest absolute Gasteiger partial charge is 0.341 e. The minimum Gasteiger partial charge on any atom is -0.452 e. The topological polar surface area (TPSA) is 97.4 Å². The van der Waals surface area contributed by atoms with Crippen molar-refractivity contribution >= 4 is 40.7 Å². The van der Waals surface area contributed by atoms with Gasteiger partial charge in [0.15, 0.2) is 6.61 Å². The molecule has 2 heterocycles. The highest BCUT2D eigenvalue weighted by atomic mass is 35.5. The van der Waals surface area contributed by atoms with Gasteiger partial charge in [0.2, 0.25) is 0 Å². The Kier molecular flexibility index (Phi) is 5.45. The third-order valence-corrected chi connectivity index (χ3v) is 3.54. The fourth-order valence-electron chi connectivity index (χ4n) is 1.38. The summed E-state index contributed by atoms with van der Waals surface area (Å²) < 4.78 is 4.77. The first-order chi connectivity index (χ1) is 10.6. The Morgan fingerprint density at radius 2 is 2.05 bits per heavy atom. The number of carbonyl (C=O) groups excluding carboxylic acids is 3. The van der Waals surface area contributed by atoms with E-state index in [9.17, 15) is 14.4 Å². The molecule has 0 fully saturated rings. The van der Waals surface area contributed by atoms with Crippen LogP contribution in [0.2, 0.25) is 5.15 Å². The normalized spacial score (nSPS) is 9.86. The lowest BCUT2D eigenvalue weighted by Gasteiger charge is -2.07. The van der Waals surface area contributed by atoms with Gasteiger partial charge >= 0.3 is 5.97 Å². The van der Waals surface area contributed by atoms with Crippen molar-refractivity contribution in [2.75, 3.05) is 6.61 Å². The molecule has 0 atom stereocenters.